The molecule has 5 rings (SSSR count). The van der Waals surface area contributed by atoms with E-state index in [2.05, 4.69) is 20.8 Å². The lowest BCUT2D eigenvalue weighted by atomic mass is 9.72. The van der Waals surface area contributed by atoms with Crippen molar-refractivity contribution in [1.82, 2.24) is 30.4 Å². The van der Waals surface area contributed by atoms with Gasteiger partial charge in [-0.1, -0.05) is 11.6 Å². The predicted molar refractivity (Wildman–Crippen MR) is 115 cm³/mol. The van der Waals surface area contributed by atoms with Gasteiger partial charge in [0.15, 0.2) is 6.10 Å². The van der Waals surface area contributed by atoms with E-state index in [4.69, 9.17) is 16.3 Å². The molecule has 172 valence electrons. The van der Waals surface area contributed by atoms with Gasteiger partial charge in [0.25, 0.3) is 5.91 Å². The summed E-state index contributed by atoms with van der Waals surface area (Å²) in [5, 5.41) is 25.0. The first-order valence-electron chi connectivity index (χ1n) is 10.5. The summed E-state index contributed by atoms with van der Waals surface area (Å²) < 4.78 is 7.04. The van der Waals surface area contributed by atoms with Crippen LogP contribution in [0.2, 0.25) is 5.02 Å². The van der Waals surface area contributed by atoms with Crippen LogP contribution < -0.4 is 5.32 Å². The van der Waals surface area contributed by atoms with Crippen LogP contribution in [0.1, 0.15) is 39.2 Å². The second kappa shape index (κ2) is 8.42. The first kappa shape index (κ1) is 22.6. The fourth-order valence-electron chi connectivity index (χ4n) is 4.40. The Morgan fingerprint density at radius 2 is 2.12 bits per heavy atom. The Labute approximate surface area is 190 Å². The number of carbonyl (C=O) groups excluding carboxylic acids is 2. The molecule has 0 unspecified atom stereocenters. The first-order valence-corrected chi connectivity index (χ1v) is 10.9. The Hall–Kier alpha value is -2.56. The molecule has 0 radical (unpaired) electrons. The molecule has 1 saturated carbocycles. The fraction of sp³-hybridized carbons (Fsp3) is 0.571. The van der Waals surface area contributed by atoms with Crippen LogP contribution in [0.15, 0.2) is 24.5 Å². The molecule has 0 spiro atoms. The van der Waals surface area contributed by atoms with E-state index in [9.17, 15) is 14.7 Å². The SMILES string of the molecule is CC(C)(C)OC[C@@H](O)C(=O)N1CC2CC1(C(=O)NCc1cc(Cl)ccc1-n1cnnn1)C2. The molecule has 2 aliphatic heterocycles. The van der Waals surface area contributed by atoms with Gasteiger partial charge in [-0.15, -0.1) is 5.10 Å². The number of aliphatic hydroxyl groups is 1. The summed E-state index contributed by atoms with van der Waals surface area (Å²) in [6.07, 6.45) is 1.33. The Balaban J connectivity index is 1.45. The van der Waals surface area contributed by atoms with Gasteiger partial charge >= 0.3 is 0 Å². The number of fused-ring (bicyclic) bond motifs is 1. The molecular weight excluding hydrogens is 436 g/mol. The first-order chi connectivity index (χ1) is 15.1. The molecule has 2 amide bonds. The van der Waals surface area contributed by atoms with E-state index in [1.165, 1.54) is 15.9 Å². The summed E-state index contributed by atoms with van der Waals surface area (Å²) in [4.78, 5) is 27.6. The number of rotatable bonds is 7. The van der Waals surface area contributed by atoms with E-state index in [0.717, 1.165) is 5.56 Å². The summed E-state index contributed by atoms with van der Waals surface area (Å²) >= 11 is 6.15. The number of halogens is 1. The third-order valence-electron chi connectivity index (χ3n) is 5.93. The minimum atomic E-state index is -1.31. The molecule has 2 bridgehead atoms. The number of hydrogen-bond donors (Lipinski definition) is 2. The Kier molecular flexibility index (Phi) is 5.95. The summed E-state index contributed by atoms with van der Waals surface area (Å²) in [6, 6.07) is 5.23. The average Bonchev–Trinajstić information content (AvgIpc) is 3.44. The highest BCUT2D eigenvalue weighted by Gasteiger charge is 2.62. The molecular formula is C21H27ClN6O4. The highest BCUT2D eigenvalue weighted by molar-refractivity contribution is 6.30. The number of tetrazole rings is 1. The zero-order chi connectivity index (χ0) is 23.1. The smallest absolute Gasteiger partial charge is 0.254 e. The normalized spacial score (nSPS) is 23.0. The molecule has 32 heavy (non-hydrogen) atoms. The molecule has 2 saturated heterocycles. The number of nitrogens with one attached hydrogen (secondary N) is 1. The maximum Gasteiger partial charge on any atom is 0.254 e. The minimum Gasteiger partial charge on any atom is -0.381 e. The van der Waals surface area contributed by atoms with Crippen LogP contribution in [0.4, 0.5) is 0 Å². The Morgan fingerprint density at radius 1 is 1.38 bits per heavy atom. The largest absolute Gasteiger partial charge is 0.381 e. The van der Waals surface area contributed by atoms with Crippen molar-refractivity contribution < 1.29 is 19.4 Å². The van der Waals surface area contributed by atoms with Crippen molar-refractivity contribution in [2.24, 2.45) is 5.92 Å². The average molecular weight is 463 g/mol. The van der Waals surface area contributed by atoms with Crippen molar-refractivity contribution in [3.63, 3.8) is 0 Å². The van der Waals surface area contributed by atoms with E-state index in [0.29, 0.717) is 30.1 Å². The lowest BCUT2D eigenvalue weighted by Gasteiger charge is -2.41. The van der Waals surface area contributed by atoms with Gasteiger partial charge in [-0.2, -0.15) is 0 Å². The van der Waals surface area contributed by atoms with Crippen molar-refractivity contribution >= 4 is 23.4 Å². The monoisotopic (exact) mass is 462 g/mol. The van der Waals surface area contributed by atoms with Crippen LogP contribution in [0.5, 0.6) is 0 Å². The van der Waals surface area contributed by atoms with Gasteiger partial charge < -0.3 is 20.1 Å². The van der Waals surface area contributed by atoms with E-state index < -0.39 is 23.2 Å². The van der Waals surface area contributed by atoms with Gasteiger partial charge in [0.2, 0.25) is 5.91 Å². The van der Waals surface area contributed by atoms with Crippen LogP contribution in [0.3, 0.4) is 0 Å². The molecule has 1 aliphatic carbocycles. The fourth-order valence-corrected chi connectivity index (χ4v) is 4.59. The maximum atomic E-state index is 13.2. The van der Waals surface area contributed by atoms with Crippen molar-refractivity contribution in [3.8, 4) is 5.69 Å². The van der Waals surface area contributed by atoms with Crippen LogP contribution in [-0.2, 0) is 20.9 Å². The third kappa shape index (κ3) is 4.35. The second-order valence-electron chi connectivity index (χ2n) is 9.40. The summed E-state index contributed by atoms with van der Waals surface area (Å²) in [6.45, 7) is 6.10. The highest BCUT2D eigenvalue weighted by Crippen LogP contribution is 2.51. The van der Waals surface area contributed by atoms with E-state index in [1.54, 1.807) is 18.2 Å². The van der Waals surface area contributed by atoms with Gasteiger partial charge in [0.05, 0.1) is 17.9 Å². The topological polar surface area (TPSA) is 122 Å². The zero-order valence-corrected chi connectivity index (χ0v) is 19.0. The van der Waals surface area contributed by atoms with E-state index in [1.807, 2.05) is 20.8 Å². The number of nitrogens with zero attached hydrogens (tertiary/aromatic N) is 5. The van der Waals surface area contributed by atoms with Crippen molar-refractivity contribution in [2.75, 3.05) is 13.2 Å². The van der Waals surface area contributed by atoms with Crippen LogP contribution in [-0.4, -0.2) is 72.4 Å². The van der Waals surface area contributed by atoms with Crippen LogP contribution >= 0.6 is 11.6 Å². The number of aromatic nitrogens is 4. The van der Waals surface area contributed by atoms with Gasteiger partial charge in [-0.3, -0.25) is 9.59 Å². The molecule has 1 aromatic heterocycles. The van der Waals surface area contributed by atoms with Crippen LogP contribution in [0, 0.1) is 5.92 Å². The molecule has 1 aromatic carbocycles. The highest BCUT2D eigenvalue weighted by atomic mass is 35.5. The van der Waals surface area contributed by atoms with Gasteiger partial charge in [-0.25, -0.2) is 4.68 Å². The number of hydrogen-bond acceptors (Lipinski definition) is 7. The molecule has 10 nitrogen and oxygen atoms in total. The maximum absolute atomic E-state index is 13.2. The number of aliphatic hydroxyl groups excluding tert-OH is 1. The molecule has 3 aliphatic rings. The Morgan fingerprint density at radius 3 is 2.78 bits per heavy atom. The lowest BCUT2D eigenvalue weighted by molar-refractivity contribution is -0.156. The molecule has 2 N–H and O–H groups in total. The summed E-state index contributed by atoms with van der Waals surface area (Å²) in [7, 11) is 0. The zero-order valence-electron chi connectivity index (χ0n) is 18.3. The number of ether oxygens (including phenoxy) is 1. The Bertz CT molecular complexity index is 1000. The molecule has 11 heteroatoms. The van der Waals surface area contributed by atoms with Gasteiger partial charge in [0, 0.05) is 18.1 Å². The number of carbonyl (C=O) groups is 2. The standard InChI is InChI=1S/C21H27ClN6O4/c1-20(2,3)32-11-17(29)18(30)27-10-13-7-21(27,8-13)19(31)23-9-14-6-15(22)4-5-16(14)28-12-24-25-26-28/h4-6,12-13,17,29H,7-11H2,1-3H3,(H,23,31)/t13?,17-,21?/m1/s1. The van der Waals surface area contributed by atoms with Crippen LogP contribution in [0.25, 0.3) is 5.69 Å². The lowest BCUT2D eigenvalue weighted by Crippen LogP contribution is -2.60. The quantitative estimate of drug-likeness (QED) is 0.631. The van der Waals surface area contributed by atoms with Crippen molar-refractivity contribution in [3.05, 3.63) is 35.1 Å². The molecule has 3 fully saturated rings. The predicted octanol–water partition coefficient (Wildman–Crippen LogP) is 1.10. The van der Waals surface area contributed by atoms with E-state index >= 15 is 0 Å². The third-order valence-corrected chi connectivity index (χ3v) is 6.17. The van der Waals surface area contributed by atoms with E-state index in [-0.39, 0.29) is 25.0 Å². The molecule has 3 heterocycles. The van der Waals surface area contributed by atoms with Crippen molar-refractivity contribution in [1.29, 1.82) is 0 Å². The minimum absolute atomic E-state index is 0.112. The summed E-state index contributed by atoms with van der Waals surface area (Å²) in [5.41, 5.74) is 0.0214. The van der Waals surface area contributed by atoms with Crippen molar-refractivity contribution in [2.45, 2.75) is 57.4 Å². The molecule has 2 aromatic rings. The number of benzene rings is 1. The molecule has 1 atom stereocenters. The summed E-state index contributed by atoms with van der Waals surface area (Å²) in [5.74, 6) is -0.448. The van der Waals surface area contributed by atoms with Gasteiger partial charge in [-0.05, 0) is 73.7 Å². The second-order valence-corrected chi connectivity index (χ2v) is 9.84. The number of amides is 2. The van der Waals surface area contributed by atoms with Gasteiger partial charge in [0.1, 0.15) is 11.9 Å².